The molecule has 0 amide bonds. The summed E-state index contributed by atoms with van der Waals surface area (Å²) in [6, 6.07) is 9.92. The number of halogens is 3. The van der Waals surface area contributed by atoms with Crippen LogP contribution in [-0.4, -0.2) is 6.54 Å². The first kappa shape index (κ1) is 16.3. The van der Waals surface area contributed by atoms with Crippen LogP contribution in [0.1, 0.15) is 18.9 Å². The third-order valence-electron chi connectivity index (χ3n) is 2.88. The van der Waals surface area contributed by atoms with Crippen LogP contribution in [0.3, 0.4) is 0 Å². The maximum atomic E-state index is 13.8. The molecule has 2 nitrogen and oxygen atoms in total. The summed E-state index contributed by atoms with van der Waals surface area (Å²) >= 11 is 9.34. The Kier molecular flexibility index (Phi) is 6.03. The highest BCUT2D eigenvalue weighted by Gasteiger charge is 2.10. The molecule has 0 aliphatic heterocycles. The van der Waals surface area contributed by atoms with Crippen LogP contribution in [-0.2, 0) is 6.54 Å². The highest BCUT2D eigenvalue weighted by Crippen LogP contribution is 2.31. The largest absolute Gasteiger partial charge is 0.454 e. The second-order valence-corrected chi connectivity index (χ2v) is 5.96. The lowest BCUT2D eigenvalue weighted by atomic mass is 10.2. The molecular weight excluding hydrogens is 357 g/mol. The van der Waals surface area contributed by atoms with Crippen molar-refractivity contribution in [3.63, 3.8) is 0 Å². The Morgan fingerprint density at radius 1 is 1.19 bits per heavy atom. The average Bonchev–Trinajstić information content (AvgIpc) is 2.46. The number of ether oxygens (including phenoxy) is 1. The first-order chi connectivity index (χ1) is 10.1. The normalized spacial score (nSPS) is 10.7. The summed E-state index contributed by atoms with van der Waals surface area (Å²) in [6.45, 7) is 3.62. The number of rotatable bonds is 6. The Morgan fingerprint density at radius 2 is 2.00 bits per heavy atom. The maximum absolute atomic E-state index is 13.8. The summed E-state index contributed by atoms with van der Waals surface area (Å²) in [5.41, 5.74) is 0.898. The van der Waals surface area contributed by atoms with E-state index in [1.807, 2.05) is 6.07 Å². The minimum Gasteiger partial charge on any atom is -0.454 e. The highest BCUT2D eigenvalue weighted by molar-refractivity contribution is 9.10. The van der Waals surface area contributed by atoms with Crippen molar-refractivity contribution < 1.29 is 9.13 Å². The van der Waals surface area contributed by atoms with Gasteiger partial charge in [-0.3, -0.25) is 0 Å². The zero-order valence-electron chi connectivity index (χ0n) is 11.6. The number of hydrogen-bond acceptors (Lipinski definition) is 2. The molecule has 0 saturated heterocycles. The molecule has 0 fully saturated rings. The van der Waals surface area contributed by atoms with Crippen LogP contribution < -0.4 is 10.1 Å². The van der Waals surface area contributed by atoms with Crippen LogP contribution >= 0.6 is 27.5 Å². The summed E-state index contributed by atoms with van der Waals surface area (Å²) in [5, 5.41) is 3.92. The van der Waals surface area contributed by atoms with E-state index in [0.29, 0.717) is 17.3 Å². The maximum Gasteiger partial charge on any atom is 0.165 e. The summed E-state index contributed by atoms with van der Waals surface area (Å²) < 4.78 is 20.3. The second-order valence-electron chi connectivity index (χ2n) is 4.61. The number of nitrogens with one attached hydrogen (secondary N) is 1. The van der Waals surface area contributed by atoms with Gasteiger partial charge in [-0.25, -0.2) is 4.39 Å². The molecule has 0 aromatic heterocycles. The molecule has 0 aliphatic rings. The van der Waals surface area contributed by atoms with Gasteiger partial charge in [0, 0.05) is 21.6 Å². The van der Waals surface area contributed by atoms with Crippen molar-refractivity contribution in [2.45, 2.75) is 19.9 Å². The lowest BCUT2D eigenvalue weighted by Gasteiger charge is -2.13. The van der Waals surface area contributed by atoms with Gasteiger partial charge in [0.25, 0.3) is 0 Å². The molecule has 0 aliphatic carbocycles. The van der Waals surface area contributed by atoms with E-state index in [4.69, 9.17) is 16.3 Å². The number of benzene rings is 2. The Labute approximate surface area is 137 Å². The van der Waals surface area contributed by atoms with E-state index in [1.165, 1.54) is 6.07 Å². The highest BCUT2D eigenvalue weighted by atomic mass is 79.9. The fraction of sp³-hybridized carbons (Fsp3) is 0.250. The van der Waals surface area contributed by atoms with Crippen LogP contribution in [0.4, 0.5) is 4.39 Å². The van der Waals surface area contributed by atoms with Crippen LogP contribution in [0.2, 0.25) is 5.02 Å². The topological polar surface area (TPSA) is 21.3 Å². The molecule has 0 bridgehead atoms. The molecule has 21 heavy (non-hydrogen) atoms. The molecule has 2 aromatic carbocycles. The smallest absolute Gasteiger partial charge is 0.165 e. The molecule has 0 saturated carbocycles. The SMILES string of the molecule is CCCNCc1cc(Cl)ccc1Oc1cc(Br)ccc1F. The first-order valence-corrected chi connectivity index (χ1v) is 7.89. The van der Waals surface area contributed by atoms with E-state index in [2.05, 4.69) is 28.2 Å². The third kappa shape index (κ3) is 4.70. The van der Waals surface area contributed by atoms with E-state index in [9.17, 15) is 4.39 Å². The standard InChI is InChI=1S/C16H16BrClFNO/c1-2-7-20-10-11-8-13(18)4-6-15(11)21-16-9-12(17)3-5-14(16)19/h3-6,8-9,20H,2,7,10H2,1H3. The molecule has 0 spiro atoms. The van der Waals surface area contributed by atoms with Gasteiger partial charge in [0.1, 0.15) is 5.75 Å². The zero-order valence-corrected chi connectivity index (χ0v) is 14.0. The van der Waals surface area contributed by atoms with E-state index < -0.39 is 5.82 Å². The van der Waals surface area contributed by atoms with E-state index in [0.717, 1.165) is 23.0 Å². The van der Waals surface area contributed by atoms with Crippen molar-refractivity contribution in [1.82, 2.24) is 5.32 Å². The first-order valence-electron chi connectivity index (χ1n) is 6.72. The number of hydrogen-bond donors (Lipinski definition) is 1. The molecule has 5 heteroatoms. The van der Waals surface area contributed by atoms with Gasteiger partial charge in [0.15, 0.2) is 11.6 Å². The molecule has 2 aromatic rings. The monoisotopic (exact) mass is 371 g/mol. The van der Waals surface area contributed by atoms with Gasteiger partial charge in [-0.15, -0.1) is 0 Å². The predicted molar refractivity (Wildman–Crippen MR) is 87.6 cm³/mol. The molecule has 0 atom stereocenters. The third-order valence-corrected chi connectivity index (χ3v) is 3.61. The fourth-order valence-corrected chi connectivity index (χ4v) is 2.39. The van der Waals surface area contributed by atoms with Gasteiger partial charge < -0.3 is 10.1 Å². The van der Waals surface area contributed by atoms with Crippen molar-refractivity contribution in [1.29, 1.82) is 0 Å². The van der Waals surface area contributed by atoms with Crippen LogP contribution in [0, 0.1) is 5.82 Å². The molecule has 1 N–H and O–H groups in total. The van der Waals surface area contributed by atoms with Gasteiger partial charge >= 0.3 is 0 Å². The second kappa shape index (κ2) is 7.78. The minimum absolute atomic E-state index is 0.184. The van der Waals surface area contributed by atoms with Crippen molar-refractivity contribution in [3.05, 3.63) is 57.3 Å². The molecular formula is C16H16BrClFNO. The minimum atomic E-state index is -0.402. The van der Waals surface area contributed by atoms with E-state index in [-0.39, 0.29) is 5.75 Å². The van der Waals surface area contributed by atoms with Gasteiger partial charge in [-0.1, -0.05) is 34.5 Å². The van der Waals surface area contributed by atoms with Crippen molar-refractivity contribution in [3.8, 4) is 11.5 Å². The lowest BCUT2D eigenvalue weighted by molar-refractivity contribution is 0.435. The van der Waals surface area contributed by atoms with E-state index in [1.54, 1.807) is 24.3 Å². The lowest BCUT2D eigenvalue weighted by Crippen LogP contribution is -2.14. The Balaban J connectivity index is 2.24. The fourth-order valence-electron chi connectivity index (χ4n) is 1.86. The van der Waals surface area contributed by atoms with Crippen LogP contribution in [0.25, 0.3) is 0 Å². The van der Waals surface area contributed by atoms with Crippen molar-refractivity contribution in [2.24, 2.45) is 0 Å². The molecule has 0 radical (unpaired) electrons. The Bertz CT molecular complexity index is 621. The van der Waals surface area contributed by atoms with Crippen molar-refractivity contribution in [2.75, 3.05) is 6.54 Å². The zero-order chi connectivity index (χ0) is 15.2. The average molecular weight is 373 g/mol. The van der Waals surface area contributed by atoms with Crippen LogP contribution in [0.5, 0.6) is 11.5 Å². The summed E-state index contributed by atoms with van der Waals surface area (Å²) in [5.74, 6) is 0.379. The quantitative estimate of drug-likeness (QED) is 0.673. The summed E-state index contributed by atoms with van der Waals surface area (Å²) in [7, 11) is 0. The van der Waals surface area contributed by atoms with Crippen LogP contribution in [0.15, 0.2) is 40.9 Å². The van der Waals surface area contributed by atoms with Gasteiger partial charge in [0.2, 0.25) is 0 Å². The molecule has 0 unspecified atom stereocenters. The Hall–Kier alpha value is -1.10. The van der Waals surface area contributed by atoms with Gasteiger partial charge in [-0.2, -0.15) is 0 Å². The molecule has 2 rings (SSSR count). The van der Waals surface area contributed by atoms with Gasteiger partial charge in [-0.05, 0) is 49.4 Å². The molecule has 0 heterocycles. The summed E-state index contributed by atoms with van der Waals surface area (Å²) in [4.78, 5) is 0. The van der Waals surface area contributed by atoms with Crippen molar-refractivity contribution >= 4 is 27.5 Å². The molecule has 112 valence electrons. The van der Waals surface area contributed by atoms with E-state index >= 15 is 0 Å². The predicted octanol–water partition coefficient (Wildman–Crippen LogP) is 5.53. The summed E-state index contributed by atoms with van der Waals surface area (Å²) in [6.07, 6.45) is 1.04. The van der Waals surface area contributed by atoms with Gasteiger partial charge in [0.05, 0.1) is 0 Å². The Morgan fingerprint density at radius 3 is 2.76 bits per heavy atom.